The number of para-hydroxylation sites is 1. The summed E-state index contributed by atoms with van der Waals surface area (Å²) in [6.07, 6.45) is 2.38. The van der Waals surface area contributed by atoms with E-state index in [4.69, 9.17) is 9.47 Å². The second kappa shape index (κ2) is 10.2. The molecule has 0 spiro atoms. The van der Waals surface area contributed by atoms with Crippen molar-refractivity contribution in [3.05, 3.63) is 54.6 Å². The average Bonchev–Trinajstić information content (AvgIpc) is 2.85. The number of nitrogens with zero attached hydrogens (tertiary/aromatic N) is 3. The van der Waals surface area contributed by atoms with Crippen LogP contribution in [0.25, 0.3) is 11.3 Å². The van der Waals surface area contributed by atoms with Gasteiger partial charge in [-0.3, -0.25) is 0 Å². The summed E-state index contributed by atoms with van der Waals surface area (Å²) in [5.41, 5.74) is 2.84. The summed E-state index contributed by atoms with van der Waals surface area (Å²) in [5.74, 6) is 2.73. The molecule has 33 heavy (non-hydrogen) atoms. The van der Waals surface area contributed by atoms with E-state index < -0.39 is 6.03 Å². The van der Waals surface area contributed by atoms with Crippen LogP contribution in [0.15, 0.2) is 54.6 Å². The number of carbonyl (C=O) groups is 1. The monoisotopic (exact) mass is 447 g/mol. The van der Waals surface area contributed by atoms with Crippen molar-refractivity contribution in [1.82, 2.24) is 10.2 Å². The molecule has 172 valence electrons. The Bertz CT molecular complexity index is 1060. The van der Waals surface area contributed by atoms with Gasteiger partial charge in [0.05, 0.1) is 19.9 Å². The van der Waals surface area contributed by atoms with Crippen LogP contribution in [0.1, 0.15) is 19.8 Å². The Morgan fingerprint density at radius 1 is 0.909 bits per heavy atom. The highest BCUT2D eigenvalue weighted by Gasteiger charge is 2.17. The Morgan fingerprint density at radius 3 is 2.15 bits per heavy atom. The van der Waals surface area contributed by atoms with Crippen molar-refractivity contribution in [1.29, 1.82) is 0 Å². The summed E-state index contributed by atoms with van der Waals surface area (Å²) >= 11 is 0. The Labute approximate surface area is 193 Å². The molecule has 2 amide bonds. The third-order valence-corrected chi connectivity index (χ3v) is 5.86. The molecule has 1 saturated heterocycles. The predicted molar refractivity (Wildman–Crippen MR) is 130 cm³/mol. The van der Waals surface area contributed by atoms with E-state index in [1.165, 1.54) is 12.8 Å². The number of amides is 2. The van der Waals surface area contributed by atoms with Gasteiger partial charge >= 0.3 is 6.03 Å². The molecule has 4 rings (SSSR count). The fourth-order valence-electron chi connectivity index (χ4n) is 3.86. The first-order valence-electron chi connectivity index (χ1n) is 11.1. The minimum atomic E-state index is -0.398. The summed E-state index contributed by atoms with van der Waals surface area (Å²) in [6, 6.07) is 16.4. The smallest absolute Gasteiger partial charge is 0.323 e. The zero-order valence-electron chi connectivity index (χ0n) is 19.2. The van der Waals surface area contributed by atoms with Gasteiger partial charge in [0.25, 0.3) is 0 Å². The van der Waals surface area contributed by atoms with Gasteiger partial charge in [0.1, 0.15) is 17.2 Å². The molecular formula is C25H29N5O3. The lowest BCUT2D eigenvalue weighted by Crippen LogP contribution is -2.33. The van der Waals surface area contributed by atoms with Gasteiger partial charge in [0.15, 0.2) is 5.82 Å². The van der Waals surface area contributed by atoms with Crippen LogP contribution in [-0.4, -0.2) is 43.5 Å². The molecule has 0 atom stereocenters. The number of methoxy groups -OCH3 is 2. The number of anilines is 3. The van der Waals surface area contributed by atoms with Crippen LogP contribution >= 0.6 is 0 Å². The van der Waals surface area contributed by atoms with E-state index in [-0.39, 0.29) is 0 Å². The number of nitrogens with one attached hydrogen (secondary N) is 2. The zero-order chi connectivity index (χ0) is 23.2. The molecule has 1 aliphatic rings. The Morgan fingerprint density at radius 2 is 1.58 bits per heavy atom. The van der Waals surface area contributed by atoms with Crippen LogP contribution in [0.4, 0.5) is 22.0 Å². The van der Waals surface area contributed by atoms with Crippen molar-refractivity contribution in [2.24, 2.45) is 5.92 Å². The van der Waals surface area contributed by atoms with E-state index in [9.17, 15) is 4.79 Å². The quantitative estimate of drug-likeness (QED) is 0.550. The molecule has 0 bridgehead atoms. The number of hydrogen-bond acceptors (Lipinski definition) is 6. The van der Waals surface area contributed by atoms with Gasteiger partial charge in [-0.05, 0) is 55.2 Å². The van der Waals surface area contributed by atoms with Crippen LogP contribution in [0.2, 0.25) is 0 Å². The Hall–Kier alpha value is -3.81. The number of urea groups is 1. The maximum Gasteiger partial charge on any atom is 0.323 e. The van der Waals surface area contributed by atoms with Crippen molar-refractivity contribution in [3.63, 3.8) is 0 Å². The molecule has 0 saturated carbocycles. The van der Waals surface area contributed by atoms with E-state index in [0.29, 0.717) is 22.9 Å². The van der Waals surface area contributed by atoms with Crippen LogP contribution in [0.3, 0.4) is 0 Å². The van der Waals surface area contributed by atoms with E-state index >= 15 is 0 Å². The fraction of sp³-hybridized carbons (Fsp3) is 0.320. The summed E-state index contributed by atoms with van der Waals surface area (Å²) < 4.78 is 10.6. The van der Waals surface area contributed by atoms with E-state index in [0.717, 1.165) is 36.1 Å². The normalized spacial score (nSPS) is 14.0. The van der Waals surface area contributed by atoms with Gasteiger partial charge < -0.3 is 25.0 Å². The largest absolute Gasteiger partial charge is 0.494 e. The second-order valence-corrected chi connectivity index (χ2v) is 8.14. The summed E-state index contributed by atoms with van der Waals surface area (Å²) in [7, 11) is 3.08. The summed E-state index contributed by atoms with van der Waals surface area (Å²) in [4.78, 5) is 14.8. The van der Waals surface area contributed by atoms with Crippen LogP contribution in [-0.2, 0) is 0 Å². The SMILES string of the molecule is COc1cccc(OC)c1NC(=O)Nc1ccc(-c2ccc(N3CCC(C)CC3)nn2)cc1. The van der Waals surface area contributed by atoms with Gasteiger partial charge in [0.2, 0.25) is 0 Å². The first kappa shape index (κ1) is 22.4. The molecule has 2 heterocycles. The molecule has 8 nitrogen and oxygen atoms in total. The highest BCUT2D eigenvalue weighted by Crippen LogP contribution is 2.34. The third kappa shape index (κ3) is 5.34. The lowest BCUT2D eigenvalue weighted by atomic mass is 9.99. The fourth-order valence-corrected chi connectivity index (χ4v) is 3.86. The minimum absolute atomic E-state index is 0.398. The van der Waals surface area contributed by atoms with Crippen molar-refractivity contribution in [2.45, 2.75) is 19.8 Å². The molecule has 1 fully saturated rings. The van der Waals surface area contributed by atoms with E-state index in [1.54, 1.807) is 32.4 Å². The molecule has 3 aromatic rings. The van der Waals surface area contributed by atoms with Gasteiger partial charge in [-0.25, -0.2) is 4.79 Å². The zero-order valence-corrected chi connectivity index (χ0v) is 19.2. The molecule has 0 aliphatic carbocycles. The Kier molecular flexibility index (Phi) is 6.92. The molecule has 2 N–H and O–H groups in total. The molecule has 2 aromatic carbocycles. The van der Waals surface area contributed by atoms with Gasteiger partial charge in [0, 0.05) is 24.3 Å². The van der Waals surface area contributed by atoms with Crippen molar-refractivity contribution in [2.75, 3.05) is 42.8 Å². The van der Waals surface area contributed by atoms with E-state index in [1.807, 2.05) is 36.4 Å². The third-order valence-electron chi connectivity index (χ3n) is 5.86. The van der Waals surface area contributed by atoms with Crippen LogP contribution in [0, 0.1) is 5.92 Å². The highest BCUT2D eigenvalue weighted by molar-refractivity contribution is 6.01. The van der Waals surface area contributed by atoms with Crippen molar-refractivity contribution >= 4 is 23.2 Å². The summed E-state index contributed by atoms with van der Waals surface area (Å²) in [5, 5.41) is 14.4. The number of ether oxygens (including phenoxy) is 2. The number of rotatable bonds is 6. The Balaban J connectivity index is 1.39. The predicted octanol–water partition coefficient (Wildman–Crippen LogP) is 5.04. The standard InChI is InChI=1S/C25H29N5O3/c1-17-13-15-30(16-14-17)23-12-11-20(28-29-23)18-7-9-19(10-8-18)26-25(31)27-24-21(32-2)5-4-6-22(24)33-3/h4-12,17H,13-16H2,1-3H3,(H2,26,27,31). The first-order valence-corrected chi connectivity index (χ1v) is 11.1. The highest BCUT2D eigenvalue weighted by atomic mass is 16.5. The number of benzene rings is 2. The molecular weight excluding hydrogens is 418 g/mol. The maximum absolute atomic E-state index is 12.5. The molecule has 0 radical (unpaired) electrons. The van der Waals surface area contributed by atoms with Crippen LogP contribution < -0.4 is 25.0 Å². The number of hydrogen-bond donors (Lipinski definition) is 2. The number of piperidine rings is 1. The first-order chi connectivity index (χ1) is 16.1. The van der Waals surface area contributed by atoms with E-state index in [2.05, 4.69) is 32.7 Å². The van der Waals surface area contributed by atoms with Crippen molar-refractivity contribution in [3.8, 4) is 22.8 Å². The molecule has 1 aliphatic heterocycles. The van der Waals surface area contributed by atoms with Gasteiger partial charge in [-0.15, -0.1) is 10.2 Å². The van der Waals surface area contributed by atoms with Gasteiger partial charge in [-0.2, -0.15) is 0 Å². The number of carbonyl (C=O) groups excluding carboxylic acids is 1. The number of aromatic nitrogens is 2. The van der Waals surface area contributed by atoms with Crippen LogP contribution in [0.5, 0.6) is 11.5 Å². The van der Waals surface area contributed by atoms with Gasteiger partial charge in [-0.1, -0.05) is 25.1 Å². The lowest BCUT2D eigenvalue weighted by Gasteiger charge is -2.30. The van der Waals surface area contributed by atoms with Crippen molar-refractivity contribution < 1.29 is 14.3 Å². The lowest BCUT2D eigenvalue weighted by molar-refractivity contribution is 0.262. The molecule has 0 unspecified atom stereocenters. The summed E-state index contributed by atoms with van der Waals surface area (Å²) in [6.45, 7) is 4.35. The second-order valence-electron chi connectivity index (χ2n) is 8.14. The average molecular weight is 448 g/mol. The molecule has 8 heteroatoms. The topological polar surface area (TPSA) is 88.6 Å². The molecule has 1 aromatic heterocycles. The maximum atomic E-state index is 12.5. The minimum Gasteiger partial charge on any atom is -0.494 e.